The second-order valence-electron chi connectivity index (χ2n) is 4.46. The highest BCUT2D eigenvalue weighted by Crippen LogP contribution is 2.27. The van der Waals surface area contributed by atoms with Crippen LogP contribution in [0.5, 0.6) is 0 Å². The first-order chi connectivity index (χ1) is 8.28. The summed E-state index contributed by atoms with van der Waals surface area (Å²) in [5, 5.41) is 17.3. The number of anilines is 1. The minimum Gasteiger partial charge on any atom is -0.379 e. The summed E-state index contributed by atoms with van der Waals surface area (Å²) < 4.78 is 10.4. The predicted molar refractivity (Wildman–Crippen MR) is 58.7 cm³/mol. The van der Waals surface area contributed by atoms with Crippen molar-refractivity contribution in [3.8, 4) is 0 Å². The zero-order valence-corrected chi connectivity index (χ0v) is 9.56. The molecule has 17 heavy (non-hydrogen) atoms. The molecule has 0 saturated carbocycles. The summed E-state index contributed by atoms with van der Waals surface area (Å²) in [4.78, 5) is 6.29. The molecule has 0 bridgehead atoms. The molecule has 1 atom stereocenters. The summed E-state index contributed by atoms with van der Waals surface area (Å²) in [5.41, 5.74) is -1.00. The third-order valence-corrected chi connectivity index (χ3v) is 3.24. The normalized spacial score (nSPS) is 29.8. The number of aliphatic hydroxyl groups is 1. The van der Waals surface area contributed by atoms with Crippen LogP contribution in [0.1, 0.15) is 12.3 Å². The van der Waals surface area contributed by atoms with Crippen molar-refractivity contribution in [1.82, 2.24) is 15.5 Å². The van der Waals surface area contributed by atoms with Crippen LogP contribution >= 0.6 is 0 Å². The fraction of sp³-hybridized carbons (Fsp3) is 0.800. The molecule has 1 unspecified atom stereocenters. The van der Waals surface area contributed by atoms with Gasteiger partial charge in [-0.05, 0) is 18.1 Å². The monoisotopic (exact) mass is 240 g/mol. The van der Waals surface area contributed by atoms with Gasteiger partial charge < -0.3 is 24.6 Å². The van der Waals surface area contributed by atoms with Gasteiger partial charge in [-0.3, -0.25) is 0 Å². The van der Waals surface area contributed by atoms with E-state index in [1.807, 2.05) is 4.90 Å². The molecule has 2 saturated heterocycles. The molecule has 2 N–H and O–H groups in total. The van der Waals surface area contributed by atoms with Crippen LogP contribution < -0.4 is 10.2 Å². The molecular formula is C10H16N4O3. The fourth-order valence-corrected chi connectivity index (χ4v) is 2.16. The average Bonchev–Trinajstić information content (AvgIpc) is 2.99. The molecule has 1 aromatic rings. The van der Waals surface area contributed by atoms with Crippen LogP contribution in [-0.4, -0.2) is 54.6 Å². The number of rotatable bonds is 2. The van der Waals surface area contributed by atoms with Gasteiger partial charge in [0.25, 0.3) is 11.8 Å². The minimum absolute atomic E-state index is 0.309. The molecule has 0 aliphatic carbocycles. The fourth-order valence-electron chi connectivity index (χ4n) is 2.16. The summed E-state index contributed by atoms with van der Waals surface area (Å²) >= 11 is 0. The number of morpholine rings is 1. The molecule has 0 amide bonds. The lowest BCUT2D eigenvalue weighted by molar-refractivity contribution is 0.0243. The van der Waals surface area contributed by atoms with E-state index in [0.29, 0.717) is 38.0 Å². The molecule has 1 aromatic heterocycles. The maximum absolute atomic E-state index is 10.3. The third kappa shape index (κ3) is 2.01. The molecule has 3 rings (SSSR count). The average molecular weight is 240 g/mol. The first-order valence-electron chi connectivity index (χ1n) is 5.88. The largest absolute Gasteiger partial charge is 0.379 e. The van der Waals surface area contributed by atoms with Crippen molar-refractivity contribution in [3.05, 3.63) is 5.89 Å². The molecule has 3 heterocycles. The van der Waals surface area contributed by atoms with Gasteiger partial charge in [0.2, 0.25) is 0 Å². The Balaban J connectivity index is 1.77. The second kappa shape index (κ2) is 4.25. The maximum Gasteiger partial charge on any atom is 0.266 e. The molecule has 0 radical (unpaired) electrons. The highest BCUT2D eigenvalue weighted by Gasteiger charge is 2.39. The van der Waals surface area contributed by atoms with Crippen molar-refractivity contribution in [1.29, 1.82) is 0 Å². The number of β-amino-alcohol motifs (C(OH)–C–C–N with tert-alkyl or cyclic N) is 1. The Morgan fingerprint density at radius 2 is 2.18 bits per heavy atom. The van der Waals surface area contributed by atoms with Crippen molar-refractivity contribution in [3.63, 3.8) is 0 Å². The van der Waals surface area contributed by atoms with Gasteiger partial charge in [0.15, 0.2) is 5.60 Å². The standard InChI is InChI=1S/C10H16N4O3/c15-10(1-2-11-7-10)8-12-9(13-17-8)14-3-5-16-6-4-14/h11,15H,1-7H2. The Morgan fingerprint density at radius 1 is 1.35 bits per heavy atom. The Kier molecular flexibility index (Phi) is 2.73. The summed E-state index contributed by atoms with van der Waals surface area (Å²) in [6.45, 7) is 4.11. The molecule has 0 aromatic carbocycles. The SMILES string of the molecule is OC1(c2nc(N3CCOCC3)no2)CCNC1. The predicted octanol–water partition coefficient (Wildman–Crippen LogP) is -0.913. The Bertz CT molecular complexity index is 383. The Morgan fingerprint density at radius 3 is 2.88 bits per heavy atom. The summed E-state index contributed by atoms with van der Waals surface area (Å²) in [7, 11) is 0. The lowest BCUT2D eigenvalue weighted by atomic mass is 10.0. The Hall–Kier alpha value is -1.18. The molecule has 2 fully saturated rings. The van der Waals surface area contributed by atoms with Crippen LogP contribution in [0.15, 0.2) is 4.52 Å². The van der Waals surface area contributed by atoms with Crippen LogP contribution in [0.25, 0.3) is 0 Å². The van der Waals surface area contributed by atoms with Gasteiger partial charge in [0, 0.05) is 19.6 Å². The zero-order valence-electron chi connectivity index (χ0n) is 9.56. The van der Waals surface area contributed by atoms with E-state index < -0.39 is 5.60 Å². The Labute approximate surface area is 98.7 Å². The van der Waals surface area contributed by atoms with Crippen LogP contribution in [0.4, 0.5) is 5.95 Å². The summed E-state index contributed by atoms with van der Waals surface area (Å²) in [6.07, 6.45) is 0.609. The van der Waals surface area contributed by atoms with Crippen LogP contribution in [0.2, 0.25) is 0 Å². The molecule has 2 aliphatic heterocycles. The molecular weight excluding hydrogens is 224 g/mol. The van der Waals surface area contributed by atoms with E-state index in [9.17, 15) is 5.11 Å². The lowest BCUT2D eigenvalue weighted by Gasteiger charge is -2.24. The minimum atomic E-state index is -1.00. The van der Waals surface area contributed by atoms with Crippen molar-refractivity contribution in [2.24, 2.45) is 0 Å². The van der Waals surface area contributed by atoms with Gasteiger partial charge in [-0.15, -0.1) is 0 Å². The topological polar surface area (TPSA) is 83.7 Å². The van der Waals surface area contributed by atoms with Crippen molar-refractivity contribution >= 4 is 5.95 Å². The van der Waals surface area contributed by atoms with Crippen molar-refractivity contribution in [2.75, 3.05) is 44.3 Å². The van der Waals surface area contributed by atoms with Crippen LogP contribution in [0.3, 0.4) is 0 Å². The van der Waals surface area contributed by atoms with Gasteiger partial charge in [0.1, 0.15) is 0 Å². The number of hydrogen-bond acceptors (Lipinski definition) is 7. The highest BCUT2D eigenvalue weighted by atomic mass is 16.5. The number of hydrogen-bond donors (Lipinski definition) is 2. The molecule has 7 nitrogen and oxygen atoms in total. The number of nitrogens with zero attached hydrogens (tertiary/aromatic N) is 3. The van der Waals surface area contributed by atoms with Gasteiger partial charge in [-0.2, -0.15) is 4.98 Å². The third-order valence-electron chi connectivity index (χ3n) is 3.24. The van der Waals surface area contributed by atoms with Crippen LogP contribution in [0, 0.1) is 0 Å². The highest BCUT2D eigenvalue weighted by molar-refractivity contribution is 5.29. The molecule has 7 heteroatoms. The van der Waals surface area contributed by atoms with E-state index in [1.165, 1.54) is 0 Å². The van der Waals surface area contributed by atoms with Gasteiger partial charge >= 0.3 is 0 Å². The first kappa shape index (κ1) is 10.9. The quantitative estimate of drug-likeness (QED) is 0.692. The van der Waals surface area contributed by atoms with E-state index in [-0.39, 0.29) is 0 Å². The van der Waals surface area contributed by atoms with E-state index in [1.54, 1.807) is 0 Å². The van der Waals surface area contributed by atoms with E-state index >= 15 is 0 Å². The van der Waals surface area contributed by atoms with Gasteiger partial charge in [-0.25, -0.2) is 0 Å². The van der Waals surface area contributed by atoms with E-state index in [0.717, 1.165) is 19.6 Å². The number of aromatic nitrogens is 2. The van der Waals surface area contributed by atoms with Gasteiger partial charge in [-0.1, -0.05) is 0 Å². The molecule has 0 spiro atoms. The summed E-state index contributed by atoms with van der Waals surface area (Å²) in [6, 6.07) is 0. The molecule has 94 valence electrons. The van der Waals surface area contributed by atoms with E-state index in [4.69, 9.17) is 9.26 Å². The summed E-state index contributed by atoms with van der Waals surface area (Å²) in [5.74, 6) is 0.854. The number of nitrogens with one attached hydrogen (secondary N) is 1. The smallest absolute Gasteiger partial charge is 0.266 e. The molecule has 2 aliphatic rings. The van der Waals surface area contributed by atoms with E-state index in [2.05, 4.69) is 15.5 Å². The van der Waals surface area contributed by atoms with Crippen molar-refractivity contribution < 1.29 is 14.4 Å². The zero-order chi connectivity index (χ0) is 11.7. The van der Waals surface area contributed by atoms with Crippen LogP contribution in [-0.2, 0) is 10.3 Å². The number of ether oxygens (including phenoxy) is 1. The first-order valence-corrected chi connectivity index (χ1v) is 5.88. The lowest BCUT2D eigenvalue weighted by Crippen LogP contribution is -2.37. The second-order valence-corrected chi connectivity index (χ2v) is 4.46. The maximum atomic E-state index is 10.3. The van der Waals surface area contributed by atoms with Gasteiger partial charge in [0.05, 0.1) is 13.2 Å². The van der Waals surface area contributed by atoms with Crippen molar-refractivity contribution in [2.45, 2.75) is 12.0 Å².